The van der Waals surface area contributed by atoms with Gasteiger partial charge in [0.15, 0.2) is 5.72 Å². The van der Waals surface area contributed by atoms with Crippen molar-refractivity contribution in [3.8, 4) is 0 Å². The molecule has 90 valence electrons. The van der Waals surface area contributed by atoms with Crippen LogP contribution in [0.25, 0.3) is 0 Å². The van der Waals surface area contributed by atoms with Crippen LogP contribution in [0.5, 0.6) is 0 Å². The Hall–Kier alpha value is -1.71. The molecule has 2 N–H and O–H groups in total. The first kappa shape index (κ1) is 10.4. The Balaban J connectivity index is 1.97. The minimum atomic E-state index is -0.491. The molecule has 1 aromatic carbocycles. The van der Waals surface area contributed by atoms with Crippen LogP contribution in [0.4, 0.5) is 10.5 Å². The standard InChI is InChI=1S/C13H16N2O2/c1-12(2)15(11(16)17-12)13(7-8-13)9-3-5-10(14)6-4-9/h3-6H,7-8,14H2,1-2H3. The van der Waals surface area contributed by atoms with Crippen molar-refractivity contribution >= 4 is 11.8 Å². The average Bonchev–Trinajstić information content (AvgIpc) is 2.98. The van der Waals surface area contributed by atoms with Crippen LogP contribution >= 0.6 is 0 Å². The third-order valence-electron chi connectivity index (χ3n) is 3.66. The summed E-state index contributed by atoms with van der Waals surface area (Å²) in [5.41, 5.74) is 6.93. The van der Waals surface area contributed by atoms with Crippen LogP contribution < -0.4 is 5.73 Å². The minimum Gasteiger partial charge on any atom is -0.423 e. The summed E-state index contributed by atoms with van der Waals surface area (Å²) in [5.74, 6) is 0. The van der Waals surface area contributed by atoms with Gasteiger partial charge in [-0.2, -0.15) is 0 Å². The van der Waals surface area contributed by atoms with E-state index in [0.29, 0.717) is 0 Å². The molecular weight excluding hydrogens is 216 g/mol. The molecule has 0 spiro atoms. The van der Waals surface area contributed by atoms with Gasteiger partial charge >= 0.3 is 6.09 Å². The second-order valence-corrected chi connectivity index (χ2v) is 5.30. The Bertz CT molecular complexity index is 475. The zero-order chi connectivity index (χ0) is 12.3. The number of carbonyl (C=O) groups excluding carboxylic acids is 1. The van der Waals surface area contributed by atoms with Gasteiger partial charge in [-0.15, -0.1) is 0 Å². The number of nitrogen functional groups attached to an aromatic ring is 1. The van der Waals surface area contributed by atoms with Gasteiger partial charge in [-0.3, -0.25) is 4.90 Å². The number of cyclic esters (lactones) is 1. The van der Waals surface area contributed by atoms with E-state index in [1.54, 1.807) is 0 Å². The van der Waals surface area contributed by atoms with E-state index in [2.05, 4.69) is 0 Å². The van der Waals surface area contributed by atoms with Crippen LogP contribution in [-0.2, 0) is 10.3 Å². The van der Waals surface area contributed by atoms with Crippen molar-refractivity contribution < 1.29 is 9.53 Å². The van der Waals surface area contributed by atoms with E-state index in [9.17, 15) is 4.79 Å². The van der Waals surface area contributed by atoms with Gasteiger partial charge in [0.1, 0.15) is 0 Å². The van der Waals surface area contributed by atoms with Gasteiger partial charge in [0.2, 0.25) is 0 Å². The highest BCUT2D eigenvalue weighted by Gasteiger charge is 2.63. The fourth-order valence-electron chi connectivity index (χ4n) is 2.73. The Morgan fingerprint density at radius 3 is 2.24 bits per heavy atom. The third kappa shape index (κ3) is 1.33. The molecule has 2 fully saturated rings. The van der Waals surface area contributed by atoms with E-state index in [1.165, 1.54) is 0 Å². The lowest BCUT2D eigenvalue weighted by Gasteiger charge is -2.51. The topological polar surface area (TPSA) is 55.6 Å². The number of anilines is 1. The fraction of sp³-hybridized carbons (Fsp3) is 0.462. The molecule has 0 bridgehead atoms. The number of hydrogen-bond donors (Lipinski definition) is 1. The van der Waals surface area contributed by atoms with Gasteiger partial charge in [-0.25, -0.2) is 4.79 Å². The highest BCUT2D eigenvalue weighted by Crippen LogP contribution is 2.56. The van der Waals surface area contributed by atoms with Crippen molar-refractivity contribution in [1.29, 1.82) is 0 Å². The quantitative estimate of drug-likeness (QED) is 0.797. The van der Waals surface area contributed by atoms with Crippen molar-refractivity contribution in [1.82, 2.24) is 4.90 Å². The maximum Gasteiger partial charge on any atom is 0.415 e. The Kier molecular flexibility index (Phi) is 1.81. The number of carbonyl (C=O) groups is 1. The van der Waals surface area contributed by atoms with Crippen LogP contribution in [0, 0.1) is 0 Å². The Morgan fingerprint density at radius 1 is 1.24 bits per heavy atom. The second-order valence-electron chi connectivity index (χ2n) is 5.30. The van der Waals surface area contributed by atoms with E-state index in [1.807, 2.05) is 43.0 Å². The molecule has 1 heterocycles. The summed E-state index contributed by atoms with van der Waals surface area (Å²) in [6.45, 7) is 3.84. The maximum atomic E-state index is 11.7. The van der Waals surface area contributed by atoms with Crippen LogP contribution in [0.1, 0.15) is 32.3 Å². The molecule has 1 aromatic rings. The van der Waals surface area contributed by atoms with E-state index in [-0.39, 0.29) is 11.6 Å². The molecule has 4 heteroatoms. The van der Waals surface area contributed by atoms with Crippen LogP contribution in [0.2, 0.25) is 0 Å². The summed E-state index contributed by atoms with van der Waals surface area (Å²) in [4.78, 5) is 13.5. The smallest absolute Gasteiger partial charge is 0.415 e. The summed E-state index contributed by atoms with van der Waals surface area (Å²) in [6.07, 6.45) is 1.77. The van der Waals surface area contributed by atoms with Gasteiger partial charge in [0.25, 0.3) is 0 Å². The monoisotopic (exact) mass is 232 g/mol. The van der Waals surface area contributed by atoms with Crippen molar-refractivity contribution in [2.24, 2.45) is 0 Å². The molecule has 0 aromatic heterocycles. The lowest BCUT2D eigenvalue weighted by molar-refractivity contribution is -0.187. The van der Waals surface area contributed by atoms with Gasteiger partial charge < -0.3 is 10.5 Å². The van der Waals surface area contributed by atoms with E-state index >= 15 is 0 Å². The number of nitrogens with two attached hydrogens (primary N) is 1. The van der Waals surface area contributed by atoms with Crippen LogP contribution in [-0.4, -0.2) is 16.7 Å². The van der Waals surface area contributed by atoms with Gasteiger partial charge in [0, 0.05) is 5.69 Å². The molecule has 4 nitrogen and oxygen atoms in total. The highest BCUT2D eigenvalue weighted by atomic mass is 16.6. The van der Waals surface area contributed by atoms with Crippen molar-refractivity contribution in [2.75, 3.05) is 5.73 Å². The number of benzene rings is 1. The highest BCUT2D eigenvalue weighted by molar-refractivity contribution is 5.76. The summed E-state index contributed by atoms with van der Waals surface area (Å²) >= 11 is 0. The first-order valence-corrected chi connectivity index (χ1v) is 5.85. The van der Waals surface area contributed by atoms with Crippen molar-refractivity contribution in [3.05, 3.63) is 29.8 Å². The molecule has 0 unspecified atom stereocenters. The maximum absolute atomic E-state index is 11.7. The summed E-state index contributed by atoms with van der Waals surface area (Å²) < 4.78 is 5.17. The van der Waals surface area contributed by atoms with Gasteiger partial charge in [0.05, 0.1) is 5.54 Å². The Morgan fingerprint density at radius 2 is 1.82 bits per heavy atom. The normalized spacial score (nSPS) is 23.9. The zero-order valence-corrected chi connectivity index (χ0v) is 10.1. The molecule has 1 aliphatic carbocycles. The number of ether oxygens (including phenoxy) is 1. The lowest BCUT2D eigenvalue weighted by atomic mass is 9.99. The number of rotatable bonds is 2. The average molecular weight is 232 g/mol. The van der Waals surface area contributed by atoms with E-state index in [4.69, 9.17) is 10.5 Å². The molecule has 2 aliphatic rings. The first-order chi connectivity index (χ1) is 7.96. The molecule has 17 heavy (non-hydrogen) atoms. The van der Waals surface area contributed by atoms with E-state index in [0.717, 1.165) is 24.1 Å². The van der Waals surface area contributed by atoms with Crippen molar-refractivity contribution in [3.63, 3.8) is 0 Å². The number of amides is 1. The number of nitrogens with zero attached hydrogens (tertiary/aromatic N) is 1. The van der Waals surface area contributed by atoms with Crippen LogP contribution in [0.3, 0.4) is 0 Å². The molecule has 1 saturated carbocycles. The minimum absolute atomic E-state index is 0.160. The fourth-order valence-corrected chi connectivity index (χ4v) is 2.73. The summed E-state index contributed by atoms with van der Waals surface area (Å²) in [5, 5.41) is 0. The molecular formula is C13H16N2O2. The van der Waals surface area contributed by atoms with E-state index < -0.39 is 5.72 Å². The van der Waals surface area contributed by atoms with Crippen molar-refractivity contribution in [2.45, 2.75) is 38.0 Å². The molecule has 1 saturated heterocycles. The molecule has 3 rings (SSSR count). The molecule has 1 amide bonds. The van der Waals surface area contributed by atoms with Crippen LogP contribution in [0.15, 0.2) is 24.3 Å². The third-order valence-corrected chi connectivity index (χ3v) is 3.66. The lowest BCUT2D eigenvalue weighted by Crippen LogP contribution is -2.65. The summed E-state index contributed by atoms with van der Waals surface area (Å²) in [7, 11) is 0. The number of hydrogen-bond acceptors (Lipinski definition) is 3. The summed E-state index contributed by atoms with van der Waals surface area (Å²) in [6, 6.07) is 7.77. The predicted molar refractivity (Wildman–Crippen MR) is 64.2 cm³/mol. The largest absolute Gasteiger partial charge is 0.423 e. The zero-order valence-electron chi connectivity index (χ0n) is 10.1. The SMILES string of the molecule is CC1(C)OC(=O)N1C1(c2ccc(N)cc2)CC1. The molecule has 0 atom stereocenters. The molecule has 0 radical (unpaired) electrons. The second kappa shape index (κ2) is 2.94. The van der Waals surface area contributed by atoms with Gasteiger partial charge in [-0.05, 0) is 44.4 Å². The predicted octanol–water partition coefficient (Wildman–Crippen LogP) is 2.45. The molecule has 1 aliphatic heterocycles. The Labute approximate surface area is 100 Å². The first-order valence-electron chi connectivity index (χ1n) is 5.85. The van der Waals surface area contributed by atoms with Gasteiger partial charge in [-0.1, -0.05) is 12.1 Å².